The van der Waals surface area contributed by atoms with Gasteiger partial charge in [-0.2, -0.15) is 21.6 Å². The summed E-state index contributed by atoms with van der Waals surface area (Å²) in [7, 11) is -3.91. The fourth-order valence-corrected chi connectivity index (χ4v) is 4.70. The molecule has 2 aromatic carbocycles. The van der Waals surface area contributed by atoms with Crippen LogP contribution in [-0.4, -0.2) is 48.9 Å². The van der Waals surface area contributed by atoms with Crippen LogP contribution < -0.4 is 0 Å². The number of aromatic hydroxyl groups is 1. The molecule has 2 unspecified atom stereocenters. The maximum Gasteiger partial charge on any atom is 0.416 e. The number of piperidine rings is 1. The van der Waals surface area contributed by atoms with E-state index in [0.717, 1.165) is 30.5 Å². The molecule has 11 heteroatoms. The van der Waals surface area contributed by atoms with Crippen LogP contribution in [-0.2, 0) is 26.1 Å². The summed E-state index contributed by atoms with van der Waals surface area (Å²) < 4.78 is 81.2. The van der Waals surface area contributed by atoms with Crippen molar-refractivity contribution in [1.29, 1.82) is 0 Å². The molecule has 1 aliphatic heterocycles. The van der Waals surface area contributed by atoms with Crippen LogP contribution in [0, 0.1) is 5.82 Å². The van der Waals surface area contributed by atoms with Crippen LogP contribution in [0.1, 0.15) is 42.6 Å². The SMILES string of the molecule is CC(C(OS(C)(=O)=O)c1ccc(O)c(F)c1)N1CCC(O)(c2ccc(C(F)(F)F)cc2)CC1. The van der Waals surface area contributed by atoms with Crippen LogP contribution in [0.5, 0.6) is 5.75 Å². The van der Waals surface area contributed by atoms with Gasteiger partial charge in [0.25, 0.3) is 10.1 Å². The van der Waals surface area contributed by atoms with Gasteiger partial charge in [-0.1, -0.05) is 18.2 Å². The maximum atomic E-state index is 13.9. The van der Waals surface area contributed by atoms with Crippen LogP contribution in [0.15, 0.2) is 42.5 Å². The van der Waals surface area contributed by atoms with Gasteiger partial charge in [0.15, 0.2) is 11.6 Å². The van der Waals surface area contributed by atoms with Gasteiger partial charge in [0, 0.05) is 19.1 Å². The lowest BCUT2D eigenvalue weighted by Crippen LogP contribution is -2.48. The standard InChI is InChI=1S/C22H25F4NO5S/c1-14(20(32-33(2,30)31)15-3-8-19(28)18(23)13-15)27-11-9-21(29,10-12-27)16-4-6-17(7-5-16)22(24,25)26/h3-8,13-14,20,28-29H,9-12H2,1-2H3. The predicted molar refractivity (Wildman–Crippen MR) is 112 cm³/mol. The van der Waals surface area contributed by atoms with Crippen LogP contribution in [0.25, 0.3) is 0 Å². The molecular weight excluding hydrogens is 466 g/mol. The molecule has 1 aliphatic rings. The summed E-state index contributed by atoms with van der Waals surface area (Å²) in [5.74, 6) is -1.50. The average molecular weight is 492 g/mol. The summed E-state index contributed by atoms with van der Waals surface area (Å²) >= 11 is 0. The molecule has 0 amide bonds. The molecule has 0 saturated carbocycles. The monoisotopic (exact) mass is 491 g/mol. The summed E-state index contributed by atoms with van der Waals surface area (Å²) in [6, 6.07) is 7.30. The largest absolute Gasteiger partial charge is 0.505 e. The van der Waals surface area contributed by atoms with Crippen molar-refractivity contribution >= 4 is 10.1 Å². The summed E-state index contributed by atoms with van der Waals surface area (Å²) in [5.41, 5.74) is -1.56. The number of alkyl halides is 3. The van der Waals surface area contributed by atoms with Crippen molar-refractivity contribution in [2.24, 2.45) is 0 Å². The van der Waals surface area contributed by atoms with Crippen molar-refractivity contribution in [2.75, 3.05) is 19.3 Å². The number of likely N-dealkylation sites (tertiary alicyclic amines) is 1. The smallest absolute Gasteiger partial charge is 0.416 e. The van der Waals surface area contributed by atoms with E-state index in [9.17, 15) is 36.2 Å². The minimum absolute atomic E-state index is 0.193. The second-order valence-electron chi connectivity index (χ2n) is 8.32. The molecule has 1 saturated heterocycles. The Labute approximate surface area is 189 Å². The number of benzene rings is 2. The first-order valence-electron chi connectivity index (χ1n) is 10.2. The van der Waals surface area contributed by atoms with E-state index in [0.29, 0.717) is 18.7 Å². The second kappa shape index (κ2) is 9.21. The fraction of sp³-hybridized carbons (Fsp3) is 0.455. The number of hydrogen-bond donors (Lipinski definition) is 2. The van der Waals surface area contributed by atoms with E-state index in [1.807, 2.05) is 4.90 Å². The van der Waals surface area contributed by atoms with Crippen molar-refractivity contribution in [2.45, 2.75) is 43.7 Å². The fourth-order valence-electron chi connectivity index (χ4n) is 4.05. The summed E-state index contributed by atoms with van der Waals surface area (Å²) in [4.78, 5) is 1.86. The van der Waals surface area contributed by atoms with E-state index in [2.05, 4.69) is 0 Å². The van der Waals surface area contributed by atoms with Crippen molar-refractivity contribution in [1.82, 2.24) is 4.90 Å². The van der Waals surface area contributed by atoms with Gasteiger partial charge in [0.1, 0.15) is 6.10 Å². The third kappa shape index (κ3) is 6.03. The molecule has 33 heavy (non-hydrogen) atoms. The normalized spacial score (nSPS) is 19.2. The Morgan fingerprint density at radius 1 is 1.09 bits per heavy atom. The molecule has 0 bridgehead atoms. The molecule has 6 nitrogen and oxygen atoms in total. The molecular formula is C22H25F4NO5S. The topological polar surface area (TPSA) is 87.1 Å². The second-order valence-corrected chi connectivity index (χ2v) is 9.92. The molecule has 0 aromatic heterocycles. The van der Waals surface area contributed by atoms with E-state index in [1.165, 1.54) is 18.2 Å². The summed E-state index contributed by atoms with van der Waals surface area (Å²) in [6.07, 6.45) is -4.28. The van der Waals surface area contributed by atoms with Gasteiger partial charge in [-0.15, -0.1) is 0 Å². The molecule has 1 heterocycles. The molecule has 2 atom stereocenters. The highest BCUT2D eigenvalue weighted by molar-refractivity contribution is 7.86. The lowest BCUT2D eigenvalue weighted by molar-refractivity contribution is -0.137. The zero-order chi connectivity index (χ0) is 24.6. The zero-order valence-electron chi connectivity index (χ0n) is 18.0. The Morgan fingerprint density at radius 2 is 1.67 bits per heavy atom. The van der Waals surface area contributed by atoms with Gasteiger partial charge in [-0.05, 0) is 55.2 Å². The Kier molecular flexibility index (Phi) is 7.09. The zero-order valence-corrected chi connectivity index (χ0v) is 18.8. The van der Waals surface area contributed by atoms with E-state index in [4.69, 9.17) is 4.18 Å². The van der Waals surface area contributed by atoms with Crippen molar-refractivity contribution in [3.8, 4) is 5.75 Å². The molecule has 1 fully saturated rings. The minimum Gasteiger partial charge on any atom is -0.505 e. The first-order valence-corrected chi connectivity index (χ1v) is 12.0. The highest BCUT2D eigenvalue weighted by atomic mass is 32.2. The first-order chi connectivity index (χ1) is 15.2. The van der Waals surface area contributed by atoms with Gasteiger partial charge in [0.05, 0.1) is 17.4 Å². The third-order valence-corrected chi connectivity index (χ3v) is 6.52. The van der Waals surface area contributed by atoms with Gasteiger partial charge in [-0.3, -0.25) is 9.08 Å². The van der Waals surface area contributed by atoms with E-state index < -0.39 is 51.2 Å². The number of aliphatic hydroxyl groups is 1. The quantitative estimate of drug-likeness (QED) is 0.470. The Morgan fingerprint density at radius 3 is 2.15 bits per heavy atom. The van der Waals surface area contributed by atoms with Gasteiger partial charge in [-0.25, -0.2) is 4.39 Å². The van der Waals surface area contributed by atoms with Gasteiger partial charge in [0.2, 0.25) is 0 Å². The molecule has 2 N–H and O–H groups in total. The molecule has 0 spiro atoms. The highest BCUT2D eigenvalue weighted by Crippen LogP contribution is 2.38. The van der Waals surface area contributed by atoms with Crippen molar-refractivity contribution < 1.29 is 40.4 Å². The number of phenolic OH excluding ortho intramolecular Hbond substituents is 1. The average Bonchev–Trinajstić information content (AvgIpc) is 2.73. The predicted octanol–water partition coefficient (Wildman–Crippen LogP) is 3.94. The third-order valence-electron chi connectivity index (χ3n) is 5.97. The Balaban J connectivity index is 1.77. The van der Waals surface area contributed by atoms with Crippen molar-refractivity contribution in [3.05, 3.63) is 65.0 Å². The van der Waals surface area contributed by atoms with Crippen LogP contribution in [0.4, 0.5) is 17.6 Å². The minimum atomic E-state index is -4.47. The Hall–Kier alpha value is -2.21. The molecule has 0 radical (unpaired) electrons. The van der Waals surface area contributed by atoms with Crippen molar-refractivity contribution in [3.63, 3.8) is 0 Å². The van der Waals surface area contributed by atoms with E-state index in [1.54, 1.807) is 6.92 Å². The molecule has 2 aromatic rings. The Bertz CT molecular complexity index is 1080. The van der Waals surface area contributed by atoms with Gasteiger partial charge >= 0.3 is 6.18 Å². The number of phenols is 1. The van der Waals surface area contributed by atoms with Crippen LogP contribution >= 0.6 is 0 Å². The van der Waals surface area contributed by atoms with Crippen LogP contribution in [0.2, 0.25) is 0 Å². The summed E-state index contributed by atoms with van der Waals surface area (Å²) in [6.45, 7) is 2.29. The molecule has 182 valence electrons. The molecule has 3 rings (SSSR count). The number of hydrogen-bond acceptors (Lipinski definition) is 6. The van der Waals surface area contributed by atoms with E-state index in [-0.39, 0.29) is 18.4 Å². The first kappa shape index (κ1) is 25.4. The van der Waals surface area contributed by atoms with Crippen LogP contribution in [0.3, 0.4) is 0 Å². The lowest BCUT2D eigenvalue weighted by atomic mass is 9.83. The maximum absolute atomic E-state index is 13.9. The molecule has 0 aliphatic carbocycles. The highest BCUT2D eigenvalue weighted by Gasteiger charge is 2.39. The van der Waals surface area contributed by atoms with Gasteiger partial charge < -0.3 is 10.2 Å². The number of nitrogens with zero attached hydrogens (tertiary/aromatic N) is 1. The summed E-state index contributed by atoms with van der Waals surface area (Å²) in [5, 5.41) is 20.5. The number of rotatable bonds is 6. The lowest BCUT2D eigenvalue weighted by Gasteiger charge is -2.42. The number of halogens is 4. The van der Waals surface area contributed by atoms with E-state index >= 15 is 0 Å².